The van der Waals surface area contributed by atoms with Gasteiger partial charge in [0.2, 0.25) is 0 Å². The second-order valence-corrected chi connectivity index (χ2v) is 11.5. The second kappa shape index (κ2) is 12.9. The van der Waals surface area contributed by atoms with Crippen molar-refractivity contribution < 1.29 is 28.3 Å². The van der Waals surface area contributed by atoms with Gasteiger partial charge in [0.05, 0.1) is 47.6 Å². The summed E-state index contributed by atoms with van der Waals surface area (Å²) < 4.78 is 24.4. The maximum Gasteiger partial charge on any atom is 0.338 e. The first-order valence-electron chi connectivity index (χ1n) is 14.6. The second-order valence-electron chi connectivity index (χ2n) is 10.5. The van der Waals surface area contributed by atoms with Crippen molar-refractivity contribution in [3.05, 3.63) is 137 Å². The predicted molar refractivity (Wildman–Crippen MR) is 176 cm³/mol. The highest BCUT2D eigenvalue weighted by atomic mass is 32.1. The third-order valence-electron chi connectivity index (χ3n) is 7.76. The van der Waals surface area contributed by atoms with Crippen LogP contribution in [0.4, 0.5) is 5.69 Å². The van der Waals surface area contributed by atoms with Gasteiger partial charge in [-0.2, -0.15) is 0 Å². The largest absolute Gasteiger partial charge is 0.493 e. The fourth-order valence-electron chi connectivity index (χ4n) is 5.57. The number of furan rings is 1. The van der Waals surface area contributed by atoms with Crippen molar-refractivity contribution in [2.75, 3.05) is 20.8 Å². The van der Waals surface area contributed by atoms with E-state index in [0.717, 1.165) is 11.3 Å². The van der Waals surface area contributed by atoms with Crippen LogP contribution in [0.3, 0.4) is 0 Å². The molecule has 6 rings (SSSR count). The van der Waals surface area contributed by atoms with Crippen molar-refractivity contribution in [3.8, 4) is 22.8 Å². The minimum Gasteiger partial charge on any atom is -0.493 e. The number of nitro groups is 1. The lowest BCUT2D eigenvalue weighted by Crippen LogP contribution is -2.40. The van der Waals surface area contributed by atoms with Gasteiger partial charge in [0.1, 0.15) is 11.5 Å². The number of rotatable bonds is 9. The zero-order chi connectivity index (χ0) is 33.2. The third-order valence-corrected chi connectivity index (χ3v) is 8.75. The molecule has 0 N–H and O–H groups in total. The molecule has 0 unspecified atom stereocenters. The van der Waals surface area contributed by atoms with Gasteiger partial charge in [-0.3, -0.25) is 19.5 Å². The zero-order valence-electron chi connectivity index (χ0n) is 25.9. The average molecular weight is 652 g/mol. The van der Waals surface area contributed by atoms with Crippen LogP contribution < -0.4 is 24.4 Å². The molecule has 0 aliphatic carbocycles. The molecule has 0 radical (unpaired) electrons. The topological polar surface area (TPSA) is 135 Å². The van der Waals surface area contributed by atoms with E-state index in [-0.39, 0.29) is 17.9 Å². The third kappa shape index (κ3) is 5.74. The van der Waals surface area contributed by atoms with Crippen molar-refractivity contribution in [2.45, 2.75) is 19.9 Å². The molecule has 3 aromatic carbocycles. The van der Waals surface area contributed by atoms with E-state index in [4.69, 9.17) is 23.6 Å². The van der Waals surface area contributed by atoms with Gasteiger partial charge >= 0.3 is 5.97 Å². The summed E-state index contributed by atoms with van der Waals surface area (Å²) in [4.78, 5) is 44.2. The van der Waals surface area contributed by atoms with E-state index in [1.54, 1.807) is 62.4 Å². The maximum absolute atomic E-state index is 14.2. The molecule has 5 aromatic rings. The number of fused-ring (bicyclic) bond motifs is 1. The molecule has 0 saturated heterocycles. The fraction of sp³-hybridized carbons (Fsp3) is 0.171. The molecule has 1 atom stereocenters. The van der Waals surface area contributed by atoms with Crippen LogP contribution in [-0.2, 0) is 9.53 Å². The Labute approximate surface area is 272 Å². The number of aromatic nitrogens is 1. The highest BCUT2D eigenvalue weighted by Gasteiger charge is 2.35. The molecule has 0 saturated carbocycles. The molecule has 0 fully saturated rings. The first-order chi connectivity index (χ1) is 22.7. The number of carbonyl (C=O) groups is 1. The van der Waals surface area contributed by atoms with Crippen LogP contribution in [0.1, 0.15) is 35.4 Å². The molecule has 12 heteroatoms. The number of thiazole rings is 1. The summed E-state index contributed by atoms with van der Waals surface area (Å²) in [5.74, 6) is 1.10. The molecule has 0 bridgehead atoms. The first-order valence-corrected chi connectivity index (χ1v) is 15.4. The van der Waals surface area contributed by atoms with Gasteiger partial charge in [-0.25, -0.2) is 9.79 Å². The molecule has 3 heterocycles. The summed E-state index contributed by atoms with van der Waals surface area (Å²) in [5, 5.41) is 11.5. The van der Waals surface area contributed by atoms with Crippen LogP contribution in [0.5, 0.6) is 11.5 Å². The highest BCUT2D eigenvalue weighted by Crippen LogP contribution is 2.38. The molecule has 238 valence electrons. The summed E-state index contributed by atoms with van der Waals surface area (Å²) in [6.45, 7) is 3.50. The molecule has 1 aliphatic rings. The predicted octanol–water partition coefficient (Wildman–Crippen LogP) is 5.43. The zero-order valence-corrected chi connectivity index (χ0v) is 26.7. The van der Waals surface area contributed by atoms with Gasteiger partial charge in [0, 0.05) is 28.8 Å². The number of hydrogen-bond donors (Lipinski definition) is 0. The van der Waals surface area contributed by atoms with E-state index in [0.29, 0.717) is 60.3 Å². The lowest BCUT2D eigenvalue weighted by atomic mass is 9.93. The Morgan fingerprint density at radius 2 is 1.81 bits per heavy atom. The van der Waals surface area contributed by atoms with Crippen LogP contribution >= 0.6 is 11.3 Å². The van der Waals surface area contributed by atoms with Crippen molar-refractivity contribution in [2.24, 2.45) is 4.99 Å². The normalized spacial score (nSPS) is 14.4. The molecule has 11 nitrogen and oxygen atoms in total. The molecular weight excluding hydrogens is 622 g/mol. The molecule has 0 amide bonds. The van der Waals surface area contributed by atoms with Crippen LogP contribution in [0, 0.1) is 17.0 Å². The number of esters is 1. The van der Waals surface area contributed by atoms with Crippen LogP contribution in [0.25, 0.3) is 23.1 Å². The minimum atomic E-state index is -0.915. The van der Waals surface area contributed by atoms with E-state index in [1.807, 2.05) is 30.3 Å². The van der Waals surface area contributed by atoms with Gasteiger partial charge in [-0.1, -0.05) is 59.9 Å². The Bertz CT molecular complexity index is 2230. The fourth-order valence-corrected chi connectivity index (χ4v) is 6.55. The number of nitrogens with zero attached hydrogens (tertiary/aromatic N) is 3. The summed E-state index contributed by atoms with van der Waals surface area (Å²) >= 11 is 1.15. The van der Waals surface area contributed by atoms with Crippen molar-refractivity contribution in [3.63, 3.8) is 0 Å². The van der Waals surface area contributed by atoms with Gasteiger partial charge < -0.3 is 18.6 Å². The Morgan fingerprint density at radius 1 is 1.04 bits per heavy atom. The molecule has 0 spiro atoms. The van der Waals surface area contributed by atoms with Gasteiger partial charge in [0.25, 0.3) is 11.2 Å². The van der Waals surface area contributed by atoms with E-state index in [2.05, 4.69) is 0 Å². The molecule has 1 aliphatic heterocycles. The Hall–Kier alpha value is -5.75. The molecular formula is C35H29N3O8S. The monoisotopic (exact) mass is 651 g/mol. The quantitative estimate of drug-likeness (QED) is 0.117. The summed E-state index contributed by atoms with van der Waals surface area (Å²) in [5.41, 5.74) is 2.48. The SMILES string of the molecule is CCOC(=O)C1=C(c2ccccc2)N=c2s/c(=C\c3ccc(-c4cccc([N+](=O)[O-])c4C)o3)c(=O)n2[C@H]1c1ccc(OC)c(OC)c1. The summed E-state index contributed by atoms with van der Waals surface area (Å²) in [6.07, 6.45) is 1.60. The van der Waals surface area contributed by atoms with Crippen molar-refractivity contribution >= 4 is 34.8 Å². The van der Waals surface area contributed by atoms with Crippen molar-refractivity contribution in [1.29, 1.82) is 0 Å². The lowest BCUT2D eigenvalue weighted by molar-refractivity contribution is -0.385. The van der Waals surface area contributed by atoms with E-state index < -0.39 is 22.5 Å². The number of hydrogen-bond acceptors (Lipinski definition) is 10. The number of carbonyl (C=O) groups excluding carboxylic acids is 1. The number of nitro benzene ring substituents is 1. The van der Waals surface area contributed by atoms with Gasteiger partial charge in [0.15, 0.2) is 16.3 Å². The maximum atomic E-state index is 14.2. The molecule has 2 aromatic heterocycles. The van der Waals surface area contributed by atoms with Crippen molar-refractivity contribution in [1.82, 2.24) is 4.57 Å². The van der Waals surface area contributed by atoms with Crippen LogP contribution in [0.2, 0.25) is 0 Å². The van der Waals surface area contributed by atoms with E-state index in [1.165, 1.54) is 24.9 Å². The lowest BCUT2D eigenvalue weighted by Gasteiger charge is -2.26. The Morgan fingerprint density at radius 3 is 2.51 bits per heavy atom. The summed E-state index contributed by atoms with van der Waals surface area (Å²) in [6, 6.07) is 21.7. The average Bonchev–Trinajstić information content (AvgIpc) is 3.67. The number of benzene rings is 3. The smallest absolute Gasteiger partial charge is 0.338 e. The summed E-state index contributed by atoms with van der Waals surface area (Å²) in [7, 11) is 3.04. The molecule has 47 heavy (non-hydrogen) atoms. The van der Waals surface area contributed by atoms with E-state index >= 15 is 0 Å². The Kier molecular flexibility index (Phi) is 8.59. The van der Waals surface area contributed by atoms with Gasteiger partial charge in [-0.15, -0.1) is 0 Å². The van der Waals surface area contributed by atoms with Crippen LogP contribution in [0.15, 0.2) is 98.6 Å². The number of methoxy groups -OCH3 is 2. The van der Waals surface area contributed by atoms with E-state index in [9.17, 15) is 19.7 Å². The minimum absolute atomic E-state index is 0.0180. The van der Waals surface area contributed by atoms with Crippen LogP contribution in [-0.4, -0.2) is 36.3 Å². The standard InChI is InChI=1S/C35H29N3O8S/c1-5-45-34(40)30-31(21-10-7-6-8-11-21)36-35-37(32(30)22-14-16-27(43-3)28(18-22)44-4)33(39)29(47-35)19-23-15-17-26(46-23)24-12-9-13-25(20(24)2)38(41)42/h6-19,32H,5H2,1-4H3/b29-19-/t32-/m0/s1. The number of ether oxygens (including phenoxy) is 3. The first kappa shape index (κ1) is 31.2. The highest BCUT2D eigenvalue weighted by molar-refractivity contribution is 7.07. The van der Waals surface area contributed by atoms with Gasteiger partial charge in [-0.05, 0) is 43.7 Å². The Balaban J connectivity index is 1.57.